The fraction of sp³-hybridized carbons (Fsp3) is 0.250. The molecule has 10 heteroatoms. The summed E-state index contributed by atoms with van der Waals surface area (Å²) in [6.07, 6.45) is 2.73. The highest BCUT2D eigenvalue weighted by Crippen LogP contribution is 2.19. The monoisotopic (exact) mass is 526 g/mol. The number of aromatic nitrogens is 1. The SMILES string of the molecule is O=C(NC1CCCC1O)/C(O)=C/C(=O)c1cc(Cc2ccc(F)cc2F)cn(Cc2ccccc2F)c1=O. The zero-order valence-electron chi connectivity index (χ0n) is 20.2. The van der Waals surface area contributed by atoms with Crippen molar-refractivity contribution >= 4 is 11.7 Å². The van der Waals surface area contributed by atoms with E-state index in [1.54, 1.807) is 6.07 Å². The molecular formula is C28H25F3N2O5. The number of ketones is 1. The van der Waals surface area contributed by atoms with E-state index in [0.717, 1.165) is 10.6 Å². The summed E-state index contributed by atoms with van der Waals surface area (Å²) in [6.45, 7) is -0.249. The first-order chi connectivity index (χ1) is 18.1. The van der Waals surface area contributed by atoms with Crippen LogP contribution in [0.3, 0.4) is 0 Å². The summed E-state index contributed by atoms with van der Waals surface area (Å²) in [6, 6.07) is 9.35. The first-order valence-electron chi connectivity index (χ1n) is 12.0. The third-order valence-corrected chi connectivity index (χ3v) is 6.41. The number of pyridine rings is 1. The number of nitrogens with zero attached hydrogens (tertiary/aromatic N) is 1. The van der Waals surface area contributed by atoms with Crippen LogP contribution < -0.4 is 10.9 Å². The van der Waals surface area contributed by atoms with E-state index in [4.69, 9.17) is 0 Å². The van der Waals surface area contributed by atoms with Crippen LogP contribution in [0.1, 0.15) is 46.3 Å². The minimum Gasteiger partial charge on any atom is -0.503 e. The van der Waals surface area contributed by atoms with Crippen molar-refractivity contribution in [3.8, 4) is 0 Å². The van der Waals surface area contributed by atoms with Crippen LogP contribution in [0, 0.1) is 17.5 Å². The minimum absolute atomic E-state index is 0.0915. The molecule has 1 aromatic heterocycles. The molecule has 3 aromatic rings. The molecule has 1 fully saturated rings. The highest BCUT2D eigenvalue weighted by Gasteiger charge is 2.28. The predicted molar refractivity (Wildman–Crippen MR) is 132 cm³/mol. The summed E-state index contributed by atoms with van der Waals surface area (Å²) in [4.78, 5) is 38.5. The van der Waals surface area contributed by atoms with E-state index < -0.39 is 58.2 Å². The molecule has 4 rings (SSSR count). The molecule has 0 aliphatic heterocycles. The third-order valence-electron chi connectivity index (χ3n) is 6.41. The van der Waals surface area contributed by atoms with Gasteiger partial charge in [0.25, 0.3) is 11.5 Å². The van der Waals surface area contributed by atoms with E-state index in [-0.39, 0.29) is 29.7 Å². The van der Waals surface area contributed by atoms with Crippen molar-refractivity contribution in [2.24, 2.45) is 0 Å². The Morgan fingerprint density at radius 1 is 1.03 bits per heavy atom. The van der Waals surface area contributed by atoms with Gasteiger partial charge in [0.15, 0.2) is 11.5 Å². The number of hydrogen-bond donors (Lipinski definition) is 3. The lowest BCUT2D eigenvalue weighted by Crippen LogP contribution is -2.40. The van der Waals surface area contributed by atoms with Crippen molar-refractivity contribution in [2.75, 3.05) is 0 Å². The number of amides is 1. The van der Waals surface area contributed by atoms with Gasteiger partial charge in [0.2, 0.25) is 0 Å². The standard InChI is InChI=1S/C28H25F3N2O5/c29-19-9-8-17(22(31)12-19)10-16-11-20(28(38)33(14-16)15-18-4-1-2-5-21(18)30)25(35)13-26(36)27(37)32-23-6-3-7-24(23)34/h1-2,4-5,8-9,11-14,23-24,34,36H,3,6-7,10,15H2,(H,32,37)/b26-13-. The second kappa shape index (κ2) is 11.5. The summed E-state index contributed by atoms with van der Waals surface area (Å²) < 4.78 is 43.0. The first kappa shape index (κ1) is 26.9. The summed E-state index contributed by atoms with van der Waals surface area (Å²) >= 11 is 0. The van der Waals surface area contributed by atoms with Crippen LogP contribution in [0.4, 0.5) is 13.2 Å². The van der Waals surface area contributed by atoms with Gasteiger partial charge in [0.1, 0.15) is 17.5 Å². The maximum Gasteiger partial charge on any atom is 0.286 e. The van der Waals surface area contributed by atoms with Crippen molar-refractivity contribution in [2.45, 2.75) is 44.4 Å². The summed E-state index contributed by atoms with van der Waals surface area (Å²) in [5.41, 5.74) is -0.736. The molecule has 7 nitrogen and oxygen atoms in total. The zero-order chi connectivity index (χ0) is 27.4. The van der Waals surface area contributed by atoms with Crippen LogP contribution in [-0.4, -0.2) is 38.6 Å². The quantitative estimate of drug-likeness (QED) is 0.236. The lowest BCUT2D eigenvalue weighted by molar-refractivity contribution is -0.121. The second-order valence-electron chi connectivity index (χ2n) is 9.17. The smallest absolute Gasteiger partial charge is 0.286 e. The van der Waals surface area contributed by atoms with Gasteiger partial charge >= 0.3 is 0 Å². The maximum absolute atomic E-state index is 14.3. The molecule has 38 heavy (non-hydrogen) atoms. The highest BCUT2D eigenvalue weighted by atomic mass is 19.1. The number of benzene rings is 2. The third kappa shape index (κ3) is 6.20. The normalized spacial score (nSPS) is 17.4. The number of aliphatic hydroxyl groups excluding tert-OH is 2. The molecule has 1 aliphatic rings. The second-order valence-corrected chi connectivity index (χ2v) is 9.17. The Kier molecular flexibility index (Phi) is 8.11. The number of hydrogen-bond acceptors (Lipinski definition) is 5. The number of carbonyl (C=O) groups excluding carboxylic acids is 2. The van der Waals surface area contributed by atoms with Crippen LogP contribution in [-0.2, 0) is 17.8 Å². The van der Waals surface area contributed by atoms with Gasteiger partial charge in [0.05, 0.1) is 24.3 Å². The lowest BCUT2D eigenvalue weighted by atomic mass is 10.0. The van der Waals surface area contributed by atoms with E-state index in [0.29, 0.717) is 31.4 Å². The van der Waals surface area contributed by atoms with Gasteiger partial charge < -0.3 is 20.1 Å². The van der Waals surface area contributed by atoms with Crippen molar-refractivity contribution in [1.82, 2.24) is 9.88 Å². The topological polar surface area (TPSA) is 109 Å². The van der Waals surface area contributed by atoms with Crippen LogP contribution in [0.2, 0.25) is 0 Å². The molecule has 2 atom stereocenters. The van der Waals surface area contributed by atoms with Crippen LogP contribution >= 0.6 is 0 Å². The van der Waals surface area contributed by atoms with Gasteiger partial charge in [-0.3, -0.25) is 14.4 Å². The Morgan fingerprint density at radius 2 is 1.79 bits per heavy atom. The van der Waals surface area contributed by atoms with Crippen LogP contribution in [0.15, 0.2) is 71.4 Å². The van der Waals surface area contributed by atoms with Gasteiger partial charge in [-0.15, -0.1) is 0 Å². The molecule has 0 radical (unpaired) electrons. The van der Waals surface area contributed by atoms with Crippen molar-refractivity contribution < 1.29 is 33.0 Å². The Balaban J connectivity index is 1.68. The van der Waals surface area contributed by atoms with Gasteiger partial charge in [-0.25, -0.2) is 13.2 Å². The average molecular weight is 527 g/mol. The number of rotatable bonds is 8. The molecule has 1 amide bonds. The summed E-state index contributed by atoms with van der Waals surface area (Å²) in [5.74, 6) is -5.11. The Morgan fingerprint density at radius 3 is 2.47 bits per heavy atom. The van der Waals surface area contributed by atoms with Crippen molar-refractivity contribution in [3.05, 3.63) is 117 Å². The molecule has 2 unspecified atom stereocenters. The van der Waals surface area contributed by atoms with E-state index in [2.05, 4.69) is 5.32 Å². The summed E-state index contributed by atoms with van der Waals surface area (Å²) in [7, 11) is 0. The molecule has 0 spiro atoms. The van der Waals surface area contributed by atoms with Gasteiger partial charge in [-0.1, -0.05) is 24.3 Å². The van der Waals surface area contributed by atoms with Gasteiger partial charge in [-0.2, -0.15) is 0 Å². The van der Waals surface area contributed by atoms with Gasteiger partial charge in [-0.05, 0) is 48.6 Å². The molecule has 0 saturated heterocycles. The number of aliphatic hydroxyl groups is 2. The van der Waals surface area contributed by atoms with Crippen LogP contribution in [0.5, 0.6) is 0 Å². The lowest BCUT2D eigenvalue weighted by Gasteiger charge is -2.15. The first-order valence-corrected chi connectivity index (χ1v) is 12.0. The van der Waals surface area contributed by atoms with Gasteiger partial charge in [0, 0.05) is 30.3 Å². The largest absolute Gasteiger partial charge is 0.503 e. The maximum atomic E-state index is 14.3. The zero-order valence-corrected chi connectivity index (χ0v) is 20.2. The van der Waals surface area contributed by atoms with E-state index >= 15 is 0 Å². The van der Waals surface area contributed by atoms with E-state index in [1.807, 2.05) is 0 Å². The van der Waals surface area contributed by atoms with E-state index in [1.165, 1.54) is 36.5 Å². The fourth-order valence-electron chi connectivity index (χ4n) is 4.40. The molecule has 198 valence electrons. The highest BCUT2D eigenvalue weighted by molar-refractivity contribution is 6.08. The Labute approximate surface area is 215 Å². The van der Waals surface area contributed by atoms with E-state index in [9.17, 15) is 37.8 Å². The molecule has 1 aliphatic carbocycles. The number of carbonyl (C=O) groups is 2. The fourth-order valence-corrected chi connectivity index (χ4v) is 4.40. The molecular weight excluding hydrogens is 501 g/mol. The molecule has 2 aromatic carbocycles. The van der Waals surface area contributed by atoms with Crippen molar-refractivity contribution in [3.63, 3.8) is 0 Å². The Bertz CT molecular complexity index is 1470. The summed E-state index contributed by atoms with van der Waals surface area (Å²) in [5, 5.41) is 22.5. The predicted octanol–water partition coefficient (Wildman–Crippen LogP) is 3.56. The molecule has 1 heterocycles. The Hall–Kier alpha value is -4.18. The number of nitrogens with one attached hydrogen (secondary N) is 1. The molecule has 0 bridgehead atoms. The average Bonchev–Trinajstić information content (AvgIpc) is 3.27. The van der Waals surface area contributed by atoms with Crippen molar-refractivity contribution in [1.29, 1.82) is 0 Å². The van der Waals surface area contributed by atoms with Crippen LogP contribution in [0.25, 0.3) is 0 Å². The number of halogens is 3. The molecule has 3 N–H and O–H groups in total. The number of allylic oxidation sites excluding steroid dienone is 1. The molecule has 1 saturated carbocycles. The minimum atomic E-state index is -1.00.